The van der Waals surface area contributed by atoms with Crippen molar-refractivity contribution >= 4 is 38.9 Å². The number of hydrogen-bond donors (Lipinski definition) is 0. The number of aromatic nitrogens is 1. The van der Waals surface area contributed by atoms with Crippen molar-refractivity contribution in [2.45, 2.75) is 19.3 Å². The SMILES string of the molecule is CC1(C)c2ccccc2-c2c(N(c3ccc(-c4ccccc4)cc3)c3ccc(-c4cccc(-c5ccc6c(c5)c5ccccc5n6-c5ccccc5)c4)cc3)cccc21. The summed E-state index contributed by atoms with van der Waals surface area (Å²) in [6.07, 6.45) is 0. The van der Waals surface area contributed by atoms with Crippen LogP contribution in [0.15, 0.2) is 218 Å². The van der Waals surface area contributed by atoms with E-state index in [0.29, 0.717) is 0 Å². The average molecular weight is 755 g/mol. The maximum absolute atomic E-state index is 2.44. The van der Waals surface area contributed by atoms with Crippen LogP contribution in [0.2, 0.25) is 0 Å². The van der Waals surface area contributed by atoms with Crippen LogP contribution in [0, 0.1) is 0 Å². The largest absolute Gasteiger partial charge is 0.310 e. The van der Waals surface area contributed by atoms with Gasteiger partial charge in [0.25, 0.3) is 0 Å². The van der Waals surface area contributed by atoms with Crippen molar-refractivity contribution < 1.29 is 0 Å². The number of benzene rings is 9. The minimum absolute atomic E-state index is 0.0941. The average Bonchev–Trinajstić information content (AvgIpc) is 3.76. The zero-order chi connectivity index (χ0) is 39.5. The van der Waals surface area contributed by atoms with E-state index < -0.39 is 0 Å². The molecule has 0 N–H and O–H groups in total. The molecule has 0 radical (unpaired) electrons. The lowest BCUT2D eigenvalue weighted by Gasteiger charge is -2.29. The molecule has 0 aliphatic heterocycles. The second-order valence-electron chi connectivity index (χ2n) is 16.2. The van der Waals surface area contributed by atoms with Crippen LogP contribution in [-0.2, 0) is 5.41 Å². The maximum Gasteiger partial charge on any atom is 0.0543 e. The van der Waals surface area contributed by atoms with E-state index in [1.165, 1.54) is 88.8 Å². The van der Waals surface area contributed by atoms with Gasteiger partial charge in [0.05, 0.1) is 16.7 Å². The molecule has 0 atom stereocenters. The van der Waals surface area contributed by atoms with Gasteiger partial charge < -0.3 is 9.47 Å². The van der Waals surface area contributed by atoms with E-state index in [1.807, 2.05) is 0 Å². The van der Waals surface area contributed by atoms with E-state index in [-0.39, 0.29) is 5.41 Å². The molecule has 0 unspecified atom stereocenters. The number of anilines is 3. The normalized spacial score (nSPS) is 12.7. The second-order valence-corrected chi connectivity index (χ2v) is 16.2. The van der Waals surface area contributed by atoms with Crippen LogP contribution in [0.25, 0.3) is 72.0 Å². The Kier molecular flexibility index (Phi) is 8.20. The molecule has 10 aromatic rings. The first kappa shape index (κ1) is 34.8. The Morgan fingerprint density at radius 1 is 0.373 bits per heavy atom. The van der Waals surface area contributed by atoms with Crippen molar-refractivity contribution in [3.05, 3.63) is 230 Å². The number of hydrogen-bond acceptors (Lipinski definition) is 1. The number of nitrogens with zero attached hydrogens (tertiary/aromatic N) is 2. The van der Waals surface area contributed by atoms with Crippen molar-refractivity contribution in [2.24, 2.45) is 0 Å². The van der Waals surface area contributed by atoms with E-state index in [2.05, 4.69) is 242 Å². The third-order valence-corrected chi connectivity index (χ3v) is 12.4. The highest BCUT2D eigenvalue weighted by Gasteiger charge is 2.37. The van der Waals surface area contributed by atoms with Gasteiger partial charge in [0.2, 0.25) is 0 Å². The Bertz CT molecular complexity index is 3150. The molecular formula is C57H42N2. The summed E-state index contributed by atoms with van der Waals surface area (Å²) in [7, 11) is 0. The summed E-state index contributed by atoms with van der Waals surface area (Å²) in [4.78, 5) is 2.44. The summed E-state index contributed by atoms with van der Waals surface area (Å²) in [5.41, 5.74) is 19.5. The zero-order valence-electron chi connectivity index (χ0n) is 33.2. The monoisotopic (exact) mass is 754 g/mol. The molecule has 0 saturated carbocycles. The molecule has 59 heavy (non-hydrogen) atoms. The predicted octanol–water partition coefficient (Wildman–Crippen LogP) is 15.6. The molecule has 280 valence electrons. The van der Waals surface area contributed by atoms with Gasteiger partial charge in [-0.05, 0) is 117 Å². The highest BCUT2D eigenvalue weighted by molar-refractivity contribution is 6.10. The summed E-state index contributed by atoms with van der Waals surface area (Å²) in [6.45, 7) is 4.70. The van der Waals surface area contributed by atoms with Gasteiger partial charge in [-0.25, -0.2) is 0 Å². The number of fused-ring (bicyclic) bond motifs is 6. The quantitative estimate of drug-likeness (QED) is 0.157. The molecule has 1 aliphatic rings. The molecular weight excluding hydrogens is 713 g/mol. The van der Waals surface area contributed by atoms with Crippen LogP contribution in [0.3, 0.4) is 0 Å². The van der Waals surface area contributed by atoms with Crippen molar-refractivity contribution in [3.63, 3.8) is 0 Å². The Labute approximate surface area is 345 Å². The van der Waals surface area contributed by atoms with Crippen LogP contribution in [0.4, 0.5) is 17.1 Å². The van der Waals surface area contributed by atoms with Gasteiger partial charge in [-0.3, -0.25) is 0 Å². The van der Waals surface area contributed by atoms with Crippen molar-refractivity contribution in [3.8, 4) is 50.2 Å². The first-order chi connectivity index (χ1) is 29.0. The number of para-hydroxylation sites is 2. The molecule has 2 nitrogen and oxygen atoms in total. The van der Waals surface area contributed by atoms with E-state index in [0.717, 1.165) is 11.4 Å². The number of rotatable bonds is 7. The van der Waals surface area contributed by atoms with Crippen LogP contribution in [0.5, 0.6) is 0 Å². The summed E-state index contributed by atoms with van der Waals surface area (Å²) < 4.78 is 2.37. The predicted molar refractivity (Wildman–Crippen MR) is 249 cm³/mol. The summed E-state index contributed by atoms with van der Waals surface area (Å²) >= 11 is 0. The van der Waals surface area contributed by atoms with E-state index >= 15 is 0 Å². The summed E-state index contributed by atoms with van der Waals surface area (Å²) in [5.74, 6) is 0. The first-order valence-electron chi connectivity index (χ1n) is 20.5. The minimum atomic E-state index is -0.0941. The second kappa shape index (κ2) is 13.9. The molecule has 2 heteroatoms. The fourth-order valence-corrected chi connectivity index (χ4v) is 9.47. The summed E-state index contributed by atoms with van der Waals surface area (Å²) in [5, 5.41) is 2.52. The standard InChI is InChI=1S/C57H42N2/c1-57(2)51-23-11-9-22-49(51)56-52(57)24-14-26-55(56)58(46-32-27-40(28-33-46)39-15-5-3-6-16-39)47-34-29-41(30-35-47)42-17-13-18-43(37-42)44-31-36-54-50(38-44)48-21-10-12-25-53(48)59(54)45-19-7-4-8-20-45/h3-38H,1-2H3. The first-order valence-corrected chi connectivity index (χ1v) is 20.5. The Morgan fingerprint density at radius 2 is 0.881 bits per heavy atom. The molecule has 1 aliphatic carbocycles. The van der Waals surface area contributed by atoms with Crippen LogP contribution < -0.4 is 4.90 Å². The Balaban J connectivity index is 0.989. The Morgan fingerprint density at radius 3 is 1.63 bits per heavy atom. The van der Waals surface area contributed by atoms with Crippen LogP contribution in [-0.4, -0.2) is 4.57 Å². The highest BCUT2D eigenvalue weighted by Crippen LogP contribution is 2.54. The fourth-order valence-electron chi connectivity index (χ4n) is 9.47. The molecule has 1 aromatic heterocycles. The van der Waals surface area contributed by atoms with E-state index in [1.54, 1.807) is 0 Å². The molecule has 0 fully saturated rings. The van der Waals surface area contributed by atoms with Crippen LogP contribution >= 0.6 is 0 Å². The van der Waals surface area contributed by atoms with E-state index in [9.17, 15) is 0 Å². The summed E-state index contributed by atoms with van der Waals surface area (Å²) in [6, 6.07) is 79.7. The molecule has 1 heterocycles. The lowest BCUT2D eigenvalue weighted by molar-refractivity contribution is 0.660. The Hall–Kier alpha value is -7.42. The van der Waals surface area contributed by atoms with Gasteiger partial charge in [-0.2, -0.15) is 0 Å². The molecule has 0 spiro atoms. The third-order valence-electron chi connectivity index (χ3n) is 12.4. The minimum Gasteiger partial charge on any atom is -0.310 e. The van der Waals surface area contributed by atoms with Gasteiger partial charge >= 0.3 is 0 Å². The molecule has 11 rings (SSSR count). The van der Waals surface area contributed by atoms with Gasteiger partial charge in [0.1, 0.15) is 0 Å². The molecule has 0 bridgehead atoms. The molecule has 0 saturated heterocycles. The van der Waals surface area contributed by atoms with Crippen molar-refractivity contribution in [1.82, 2.24) is 4.57 Å². The topological polar surface area (TPSA) is 8.17 Å². The van der Waals surface area contributed by atoms with Crippen molar-refractivity contribution in [2.75, 3.05) is 4.90 Å². The van der Waals surface area contributed by atoms with Crippen LogP contribution in [0.1, 0.15) is 25.0 Å². The zero-order valence-corrected chi connectivity index (χ0v) is 33.2. The smallest absolute Gasteiger partial charge is 0.0543 e. The van der Waals surface area contributed by atoms with Gasteiger partial charge in [-0.1, -0.05) is 166 Å². The van der Waals surface area contributed by atoms with Gasteiger partial charge in [0.15, 0.2) is 0 Å². The fraction of sp³-hybridized carbons (Fsp3) is 0.0526. The van der Waals surface area contributed by atoms with Gasteiger partial charge in [0, 0.05) is 38.8 Å². The van der Waals surface area contributed by atoms with E-state index in [4.69, 9.17) is 0 Å². The lowest BCUT2D eigenvalue weighted by atomic mass is 9.82. The molecule has 9 aromatic carbocycles. The maximum atomic E-state index is 2.44. The third kappa shape index (κ3) is 5.79. The molecule has 0 amide bonds. The highest BCUT2D eigenvalue weighted by atomic mass is 15.1. The van der Waals surface area contributed by atoms with Gasteiger partial charge in [-0.15, -0.1) is 0 Å². The van der Waals surface area contributed by atoms with Crippen molar-refractivity contribution in [1.29, 1.82) is 0 Å². The lowest BCUT2D eigenvalue weighted by Crippen LogP contribution is -2.16.